The van der Waals surface area contributed by atoms with E-state index in [1.807, 2.05) is 25.1 Å². The lowest BCUT2D eigenvalue weighted by Gasteiger charge is -2.09. The fourth-order valence-electron chi connectivity index (χ4n) is 0.754. The molecule has 1 heterocycles. The van der Waals surface area contributed by atoms with E-state index in [0.717, 1.165) is 5.69 Å². The topological polar surface area (TPSA) is 31.4 Å². The molecule has 0 bridgehead atoms. The van der Waals surface area contributed by atoms with Crippen LogP contribution in [0.5, 0.6) is 0 Å². The smallest absolute Gasteiger partial charge is 0.154 e. The monoisotopic (exact) mass is 167 g/mol. The number of nitrogens with zero attached hydrogens (tertiary/aromatic N) is 1. The molecule has 0 fully saturated rings. The zero-order valence-corrected chi connectivity index (χ0v) is 7.36. The minimum Gasteiger partial charge on any atom is -0.356 e. The highest BCUT2D eigenvalue weighted by Gasteiger charge is 1.99. The van der Waals surface area contributed by atoms with Crippen molar-refractivity contribution >= 4 is 0 Å². The number of ether oxygens (including phenoxy) is 2. The van der Waals surface area contributed by atoms with Crippen molar-refractivity contribution in [1.29, 1.82) is 0 Å². The molecule has 0 spiro atoms. The molecule has 1 aromatic heterocycles. The van der Waals surface area contributed by atoms with E-state index in [1.54, 1.807) is 13.3 Å². The van der Waals surface area contributed by atoms with E-state index >= 15 is 0 Å². The van der Waals surface area contributed by atoms with Crippen LogP contribution in [0.4, 0.5) is 0 Å². The molecule has 12 heavy (non-hydrogen) atoms. The van der Waals surface area contributed by atoms with Gasteiger partial charge in [0, 0.05) is 13.3 Å². The highest BCUT2D eigenvalue weighted by atomic mass is 16.7. The van der Waals surface area contributed by atoms with Crippen molar-refractivity contribution in [2.24, 2.45) is 0 Å². The summed E-state index contributed by atoms with van der Waals surface area (Å²) in [6.45, 7) is 2.35. The van der Waals surface area contributed by atoms with Crippen molar-refractivity contribution in [3.8, 4) is 0 Å². The third-order valence-electron chi connectivity index (χ3n) is 1.52. The molecule has 0 saturated carbocycles. The number of aromatic nitrogens is 1. The van der Waals surface area contributed by atoms with Crippen LogP contribution in [-0.4, -0.2) is 18.4 Å². The standard InChI is InChI=1S/C9H13NO2/c1-8(11-2)12-7-9-5-3-4-6-10-9/h3-6,8H,7H2,1-2H3. The average molecular weight is 167 g/mol. The molecule has 0 N–H and O–H groups in total. The third-order valence-corrected chi connectivity index (χ3v) is 1.52. The van der Waals surface area contributed by atoms with Crippen LogP contribution in [0, 0.1) is 0 Å². The molecule has 3 nitrogen and oxygen atoms in total. The van der Waals surface area contributed by atoms with Gasteiger partial charge in [-0.1, -0.05) is 6.07 Å². The van der Waals surface area contributed by atoms with E-state index in [2.05, 4.69) is 4.98 Å². The fourth-order valence-corrected chi connectivity index (χ4v) is 0.754. The second kappa shape index (κ2) is 4.85. The first kappa shape index (κ1) is 9.16. The summed E-state index contributed by atoms with van der Waals surface area (Å²) in [4.78, 5) is 4.10. The molecular weight excluding hydrogens is 154 g/mol. The van der Waals surface area contributed by atoms with Crippen LogP contribution >= 0.6 is 0 Å². The number of hydrogen-bond acceptors (Lipinski definition) is 3. The van der Waals surface area contributed by atoms with Crippen molar-refractivity contribution in [3.63, 3.8) is 0 Å². The van der Waals surface area contributed by atoms with E-state index in [9.17, 15) is 0 Å². The van der Waals surface area contributed by atoms with Crippen LogP contribution < -0.4 is 0 Å². The number of pyridine rings is 1. The summed E-state index contributed by atoms with van der Waals surface area (Å²) in [5, 5.41) is 0. The van der Waals surface area contributed by atoms with Crippen molar-refractivity contribution < 1.29 is 9.47 Å². The molecule has 0 aromatic carbocycles. The molecule has 0 aliphatic heterocycles. The Bertz CT molecular complexity index is 213. The maximum atomic E-state index is 5.29. The molecule has 1 rings (SSSR count). The van der Waals surface area contributed by atoms with Gasteiger partial charge in [-0.3, -0.25) is 4.98 Å². The molecule has 66 valence electrons. The first-order chi connectivity index (χ1) is 5.83. The Kier molecular flexibility index (Phi) is 3.70. The van der Waals surface area contributed by atoms with E-state index in [4.69, 9.17) is 9.47 Å². The van der Waals surface area contributed by atoms with Gasteiger partial charge >= 0.3 is 0 Å². The summed E-state index contributed by atoms with van der Waals surface area (Å²) in [5.41, 5.74) is 0.918. The summed E-state index contributed by atoms with van der Waals surface area (Å²) in [5.74, 6) is 0. The molecule has 0 aliphatic carbocycles. The third kappa shape index (κ3) is 2.98. The summed E-state index contributed by atoms with van der Waals surface area (Å²) < 4.78 is 10.2. The number of rotatable bonds is 4. The Morgan fingerprint density at radius 2 is 2.33 bits per heavy atom. The highest BCUT2D eigenvalue weighted by molar-refractivity contribution is 5.01. The van der Waals surface area contributed by atoms with Gasteiger partial charge < -0.3 is 9.47 Å². The molecule has 1 unspecified atom stereocenters. The lowest BCUT2D eigenvalue weighted by molar-refractivity contribution is -0.119. The van der Waals surface area contributed by atoms with E-state index in [0.29, 0.717) is 6.61 Å². The van der Waals surface area contributed by atoms with Gasteiger partial charge in [0.2, 0.25) is 0 Å². The van der Waals surface area contributed by atoms with E-state index in [-0.39, 0.29) is 6.29 Å². The number of hydrogen-bond donors (Lipinski definition) is 0. The molecule has 0 saturated heterocycles. The lowest BCUT2D eigenvalue weighted by atomic mass is 10.4. The fraction of sp³-hybridized carbons (Fsp3) is 0.444. The van der Waals surface area contributed by atoms with Gasteiger partial charge in [-0.15, -0.1) is 0 Å². The van der Waals surface area contributed by atoms with Gasteiger partial charge in [-0.05, 0) is 19.1 Å². The van der Waals surface area contributed by atoms with Gasteiger partial charge in [-0.25, -0.2) is 0 Å². The van der Waals surface area contributed by atoms with Crippen molar-refractivity contribution in [3.05, 3.63) is 30.1 Å². The molecule has 1 aromatic rings. The predicted octanol–water partition coefficient (Wildman–Crippen LogP) is 1.59. The lowest BCUT2D eigenvalue weighted by Crippen LogP contribution is -2.10. The van der Waals surface area contributed by atoms with Crippen LogP contribution in [-0.2, 0) is 16.1 Å². The Morgan fingerprint density at radius 3 is 2.92 bits per heavy atom. The summed E-state index contributed by atoms with van der Waals surface area (Å²) in [6, 6.07) is 5.73. The van der Waals surface area contributed by atoms with E-state index in [1.165, 1.54) is 0 Å². The summed E-state index contributed by atoms with van der Waals surface area (Å²) >= 11 is 0. The molecular formula is C9H13NO2. The maximum absolute atomic E-state index is 5.29. The van der Waals surface area contributed by atoms with Gasteiger partial charge in [0.25, 0.3) is 0 Å². The molecule has 1 atom stereocenters. The second-order valence-electron chi connectivity index (χ2n) is 2.44. The predicted molar refractivity (Wildman–Crippen MR) is 45.5 cm³/mol. The summed E-state index contributed by atoms with van der Waals surface area (Å²) in [6.07, 6.45) is 1.57. The maximum Gasteiger partial charge on any atom is 0.154 e. The average Bonchev–Trinajstić information content (AvgIpc) is 2.16. The van der Waals surface area contributed by atoms with Crippen LogP contribution in [0.25, 0.3) is 0 Å². The molecule has 0 radical (unpaired) electrons. The van der Waals surface area contributed by atoms with Gasteiger partial charge in [-0.2, -0.15) is 0 Å². The Balaban J connectivity index is 2.33. The Morgan fingerprint density at radius 1 is 1.50 bits per heavy atom. The zero-order chi connectivity index (χ0) is 8.81. The summed E-state index contributed by atoms with van der Waals surface area (Å²) in [7, 11) is 1.61. The molecule has 3 heteroatoms. The minimum absolute atomic E-state index is 0.174. The van der Waals surface area contributed by atoms with Crippen LogP contribution in [0.2, 0.25) is 0 Å². The Hall–Kier alpha value is -0.930. The first-order valence-electron chi connectivity index (χ1n) is 3.87. The van der Waals surface area contributed by atoms with Crippen LogP contribution in [0.1, 0.15) is 12.6 Å². The molecule has 0 aliphatic rings. The SMILES string of the molecule is COC(C)OCc1ccccn1. The minimum atomic E-state index is -0.174. The van der Waals surface area contributed by atoms with Crippen molar-refractivity contribution in [1.82, 2.24) is 4.98 Å². The first-order valence-corrected chi connectivity index (χ1v) is 3.87. The van der Waals surface area contributed by atoms with E-state index < -0.39 is 0 Å². The van der Waals surface area contributed by atoms with Gasteiger partial charge in [0.05, 0.1) is 12.3 Å². The largest absolute Gasteiger partial charge is 0.356 e. The van der Waals surface area contributed by atoms with Crippen LogP contribution in [0.3, 0.4) is 0 Å². The van der Waals surface area contributed by atoms with Crippen molar-refractivity contribution in [2.45, 2.75) is 19.8 Å². The number of methoxy groups -OCH3 is 1. The zero-order valence-electron chi connectivity index (χ0n) is 7.36. The van der Waals surface area contributed by atoms with Crippen molar-refractivity contribution in [2.75, 3.05) is 7.11 Å². The highest BCUT2D eigenvalue weighted by Crippen LogP contribution is 1.99. The molecule has 0 amide bonds. The van der Waals surface area contributed by atoms with Gasteiger partial charge in [0.1, 0.15) is 0 Å². The normalized spacial score (nSPS) is 12.8. The van der Waals surface area contributed by atoms with Gasteiger partial charge in [0.15, 0.2) is 6.29 Å². The van der Waals surface area contributed by atoms with Crippen LogP contribution in [0.15, 0.2) is 24.4 Å². The Labute approximate surface area is 72.3 Å². The quantitative estimate of drug-likeness (QED) is 0.638. The second-order valence-corrected chi connectivity index (χ2v) is 2.44.